The fourth-order valence-corrected chi connectivity index (χ4v) is 3.91. The van der Waals surface area contributed by atoms with E-state index in [-0.39, 0.29) is 23.4 Å². The number of amides is 1. The predicted molar refractivity (Wildman–Crippen MR) is 78.2 cm³/mol. The average molecular weight is 412 g/mol. The van der Waals surface area contributed by atoms with Crippen LogP contribution in [-0.2, 0) is 14.8 Å². The summed E-state index contributed by atoms with van der Waals surface area (Å²) in [6.07, 6.45) is 1.94. The van der Waals surface area contributed by atoms with Crippen LogP contribution in [0.15, 0.2) is 32.0 Å². The number of carbonyl (C=O) groups excluding carboxylic acids is 1. The van der Waals surface area contributed by atoms with Crippen LogP contribution in [0.1, 0.15) is 12.8 Å². The van der Waals surface area contributed by atoms with Crippen LogP contribution in [0.5, 0.6) is 0 Å². The molecule has 1 aliphatic carbocycles. The molecule has 1 aromatic carbocycles. The maximum absolute atomic E-state index is 12.1. The predicted octanol–water partition coefficient (Wildman–Crippen LogP) is 1.77. The topological polar surface area (TPSA) is 75.3 Å². The van der Waals surface area contributed by atoms with Crippen LogP contribution in [0.25, 0.3) is 0 Å². The molecule has 0 heterocycles. The van der Waals surface area contributed by atoms with Gasteiger partial charge in [-0.05, 0) is 47.0 Å². The summed E-state index contributed by atoms with van der Waals surface area (Å²) in [5, 5.41) is 2.72. The first-order valence-electron chi connectivity index (χ1n) is 5.62. The van der Waals surface area contributed by atoms with Gasteiger partial charge in [0.25, 0.3) is 0 Å². The lowest BCUT2D eigenvalue weighted by Gasteiger charge is -2.09. The van der Waals surface area contributed by atoms with Crippen molar-refractivity contribution in [1.82, 2.24) is 10.0 Å². The van der Waals surface area contributed by atoms with Gasteiger partial charge in [-0.3, -0.25) is 4.79 Å². The molecule has 0 aliphatic heterocycles. The van der Waals surface area contributed by atoms with Crippen molar-refractivity contribution in [3.63, 3.8) is 0 Å². The van der Waals surface area contributed by atoms with Crippen molar-refractivity contribution in [3.05, 3.63) is 27.1 Å². The van der Waals surface area contributed by atoms with Gasteiger partial charge in [-0.1, -0.05) is 15.9 Å². The smallest absolute Gasteiger partial charge is 0.242 e. The van der Waals surface area contributed by atoms with E-state index in [2.05, 4.69) is 41.9 Å². The lowest BCUT2D eigenvalue weighted by Crippen LogP contribution is -2.37. The first-order valence-corrected chi connectivity index (χ1v) is 8.69. The lowest BCUT2D eigenvalue weighted by atomic mass is 10.4. The van der Waals surface area contributed by atoms with Crippen molar-refractivity contribution in [2.75, 3.05) is 6.54 Å². The second-order valence-corrected chi connectivity index (χ2v) is 7.75. The molecule has 19 heavy (non-hydrogen) atoms. The third kappa shape index (κ3) is 4.27. The Labute approximate surface area is 128 Å². The van der Waals surface area contributed by atoms with Crippen LogP contribution in [-0.4, -0.2) is 26.9 Å². The number of carbonyl (C=O) groups is 1. The van der Waals surface area contributed by atoms with E-state index in [0.717, 1.165) is 12.8 Å². The molecule has 0 radical (unpaired) electrons. The van der Waals surface area contributed by atoms with Gasteiger partial charge >= 0.3 is 0 Å². The van der Waals surface area contributed by atoms with Crippen LogP contribution in [0, 0.1) is 0 Å². The summed E-state index contributed by atoms with van der Waals surface area (Å²) in [5.41, 5.74) is 0. The van der Waals surface area contributed by atoms with Crippen LogP contribution < -0.4 is 10.0 Å². The van der Waals surface area contributed by atoms with Crippen molar-refractivity contribution in [2.24, 2.45) is 0 Å². The van der Waals surface area contributed by atoms with Crippen molar-refractivity contribution in [1.29, 1.82) is 0 Å². The van der Waals surface area contributed by atoms with Gasteiger partial charge in [0, 0.05) is 15.0 Å². The molecule has 2 N–H and O–H groups in total. The minimum atomic E-state index is -3.71. The number of halogens is 2. The van der Waals surface area contributed by atoms with E-state index in [1.165, 1.54) is 6.07 Å². The minimum absolute atomic E-state index is 0.0982. The monoisotopic (exact) mass is 410 g/mol. The molecule has 0 bridgehead atoms. The number of hydrogen-bond acceptors (Lipinski definition) is 3. The Morgan fingerprint density at radius 2 is 2.00 bits per heavy atom. The van der Waals surface area contributed by atoms with Gasteiger partial charge < -0.3 is 5.32 Å². The molecule has 1 aromatic rings. The summed E-state index contributed by atoms with van der Waals surface area (Å²) in [4.78, 5) is 11.6. The minimum Gasteiger partial charge on any atom is -0.352 e. The standard InChI is InChI=1S/C11H12Br2N2O3S/c12-7-1-4-9(13)10(5-7)19(17,18)14-6-11(16)15-8-2-3-8/h1,4-5,8,14H,2-3,6H2,(H,15,16). The molecule has 2 rings (SSSR count). The fourth-order valence-electron chi connectivity index (χ4n) is 1.43. The van der Waals surface area contributed by atoms with Crippen LogP contribution in [0.3, 0.4) is 0 Å². The number of sulfonamides is 1. The Hall–Kier alpha value is -0.440. The van der Waals surface area contributed by atoms with E-state index < -0.39 is 10.0 Å². The zero-order chi connectivity index (χ0) is 14.0. The summed E-state index contributed by atoms with van der Waals surface area (Å²) in [7, 11) is -3.71. The highest BCUT2D eigenvalue weighted by molar-refractivity contribution is 9.11. The van der Waals surface area contributed by atoms with Crippen LogP contribution in [0.2, 0.25) is 0 Å². The molecule has 5 nitrogen and oxygen atoms in total. The summed E-state index contributed by atoms with van der Waals surface area (Å²) in [6, 6.07) is 5.05. The van der Waals surface area contributed by atoms with E-state index >= 15 is 0 Å². The van der Waals surface area contributed by atoms with Crippen LogP contribution in [0.4, 0.5) is 0 Å². The highest BCUT2D eigenvalue weighted by Crippen LogP contribution is 2.25. The fraction of sp³-hybridized carbons (Fsp3) is 0.364. The van der Waals surface area contributed by atoms with Gasteiger partial charge in [-0.25, -0.2) is 13.1 Å². The van der Waals surface area contributed by atoms with E-state index in [9.17, 15) is 13.2 Å². The van der Waals surface area contributed by atoms with Gasteiger partial charge in [0.15, 0.2) is 0 Å². The molecule has 1 amide bonds. The number of benzene rings is 1. The van der Waals surface area contributed by atoms with Crippen molar-refractivity contribution >= 4 is 47.8 Å². The molecule has 1 saturated carbocycles. The summed E-state index contributed by atoms with van der Waals surface area (Å²) < 4.78 is 27.5. The van der Waals surface area contributed by atoms with Gasteiger partial charge in [0.1, 0.15) is 0 Å². The Morgan fingerprint density at radius 1 is 1.32 bits per heavy atom. The SMILES string of the molecule is O=C(CNS(=O)(=O)c1cc(Br)ccc1Br)NC1CC1. The highest BCUT2D eigenvalue weighted by Gasteiger charge is 2.24. The molecule has 0 unspecified atom stereocenters. The maximum Gasteiger partial charge on any atom is 0.242 e. The van der Waals surface area contributed by atoms with Crippen molar-refractivity contribution in [3.8, 4) is 0 Å². The second kappa shape index (κ2) is 5.90. The molecule has 1 fully saturated rings. The third-order valence-corrected chi connectivity index (χ3v) is 5.44. The van der Waals surface area contributed by atoms with Crippen molar-refractivity contribution < 1.29 is 13.2 Å². The largest absolute Gasteiger partial charge is 0.352 e. The third-order valence-electron chi connectivity index (χ3n) is 2.55. The Morgan fingerprint density at radius 3 is 2.63 bits per heavy atom. The molecule has 0 aromatic heterocycles. The molecule has 0 spiro atoms. The molecule has 0 atom stereocenters. The number of hydrogen-bond donors (Lipinski definition) is 2. The van der Waals surface area contributed by atoms with Crippen molar-refractivity contribution in [2.45, 2.75) is 23.8 Å². The lowest BCUT2D eigenvalue weighted by molar-refractivity contribution is -0.120. The quantitative estimate of drug-likeness (QED) is 0.775. The van der Waals surface area contributed by atoms with Gasteiger partial charge in [-0.15, -0.1) is 0 Å². The molecule has 1 aliphatic rings. The Balaban J connectivity index is 2.04. The molecular weight excluding hydrogens is 400 g/mol. The summed E-state index contributed by atoms with van der Waals surface area (Å²) in [6.45, 7) is -0.252. The normalized spacial score (nSPS) is 15.3. The zero-order valence-electron chi connectivity index (χ0n) is 9.82. The van der Waals surface area contributed by atoms with Gasteiger partial charge in [0.05, 0.1) is 11.4 Å². The Kier molecular flexibility index (Phi) is 4.65. The van der Waals surface area contributed by atoms with Gasteiger partial charge in [0.2, 0.25) is 15.9 Å². The molecular formula is C11H12Br2N2O3S. The molecule has 0 saturated heterocycles. The first-order chi connectivity index (χ1) is 8.88. The average Bonchev–Trinajstić information content (AvgIpc) is 3.14. The van der Waals surface area contributed by atoms with E-state index in [1.807, 2.05) is 0 Å². The molecule has 8 heteroatoms. The summed E-state index contributed by atoms with van der Waals surface area (Å²) in [5.74, 6) is -0.308. The summed E-state index contributed by atoms with van der Waals surface area (Å²) >= 11 is 6.40. The maximum atomic E-state index is 12.1. The Bertz CT molecular complexity index is 600. The zero-order valence-corrected chi connectivity index (χ0v) is 13.8. The van der Waals surface area contributed by atoms with E-state index in [4.69, 9.17) is 0 Å². The number of rotatable bonds is 5. The first kappa shape index (κ1) is 15.0. The van der Waals surface area contributed by atoms with E-state index in [0.29, 0.717) is 8.95 Å². The van der Waals surface area contributed by atoms with Gasteiger partial charge in [-0.2, -0.15) is 0 Å². The highest BCUT2D eigenvalue weighted by atomic mass is 79.9. The number of nitrogens with one attached hydrogen (secondary N) is 2. The van der Waals surface area contributed by atoms with E-state index in [1.54, 1.807) is 12.1 Å². The second-order valence-electron chi connectivity index (χ2n) is 4.24. The molecule has 104 valence electrons. The van der Waals surface area contributed by atoms with Crippen LogP contribution >= 0.6 is 31.9 Å².